The molecule has 0 bridgehead atoms. The molecule has 0 spiro atoms. The molecule has 0 nitrogen and oxygen atoms in total. The van der Waals surface area contributed by atoms with E-state index in [0.29, 0.717) is 10.0 Å². The lowest BCUT2D eigenvalue weighted by molar-refractivity contribution is 0.627. The number of halogens is 4. The van der Waals surface area contributed by atoms with Crippen molar-refractivity contribution in [1.82, 2.24) is 0 Å². The van der Waals surface area contributed by atoms with Crippen LogP contribution < -0.4 is 0 Å². The number of rotatable bonds is 2. The van der Waals surface area contributed by atoms with E-state index in [2.05, 4.69) is 15.9 Å². The third kappa shape index (κ3) is 3.13. The van der Waals surface area contributed by atoms with Crippen molar-refractivity contribution < 1.29 is 4.39 Å². The number of hydrogen-bond donors (Lipinski definition) is 0. The second-order valence-electron chi connectivity index (χ2n) is 4.49. The van der Waals surface area contributed by atoms with Gasteiger partial charge in [-0.2, -0.15) is 0 Å². The van der Waals surface area contributed by atoms with E-state index in [9.17, 15) is 4.39 Å². The van der Waals surface area contributed by atoms with Crippen molar-refractivity contribution in [2.45, 2.75) is 18.7 Å². The summed E-state index contributed by atoms with van der Waals surface area (Å²) in [7, 11) is 0. The van der Waals surface area contributed by atoms with Crippen molar-refractivity contribution >= 4 is 39.1 Å². The zero-order chi connectivity index (χ0) is 14.2. The van der Waals surface area contributed by atoms with Gasteiger partial charge in [0.25, 0.3) is 0 Å². The number of aryl methyl sites for hydroxylation is 2. The molecule has 1 atom stereocenters. The van der Waals surface area contributed by atoms with Gasteiger partial charge < -0.3 is 0 Å². The Kier molecular flexibility index (Phi) is 4.54. The molecule has 0 aliphatic rings. The highest BCUT2D eigenvalue weighted by Crippen LogP contribution is 2.39. The highest BCUT2D eigenvalue weighted by Gasteiger charge is 2.18. The summed E-state index contributed by atoms with van der Waals surface area (Å²) in [5.41, 5.74) is 4.02. The lowest BCUT2D eigenvalue weighted by atomic mass is 10.00. The van der Waals surface area contributed by atoms with E-state index in [1.54, 1.807) is 6.07 Å². The van der Waals surface area contributed by atoms with Gasteiger partial charge in [0.1, 0.15) is 5.82 Å². The monoisotopic (exact) mass is 360 g/mol. The molecule has 2 aromatic carbocycles. The van der Waals surface area contributed by atoms with Crippen molar-refractivity contribution in [3.63, 3.8) is 0 Å². The van der Waals surface area contributed by atoms with Crippen LogP contribution >= 0.6 is 39.1 Å². The normalized spacial score (nSPS) is 12.5. The molecule has 19 heavy (non-hydrogen) atoms. The van der Waals surface area contributed by atoms with Crippen LogP contribution in [0, 0.1) is 19.7 Å². The lowest BCUT2D eigenvalue weighted by Gasteiger charge is -2.16. The van der Waals surface area contributed by atoms with Crippen LogP contribution in [0.4, 0.5) is 4.39 Å². The summed E-state index contributed by atoms with van der Waals surface area (Å²) in [4.78, 5) is -0.160. The Morgan fingerprint density at radius 2 is 1.53 bits per heavy atom. The van der Waals surface area contributed by atoms with Gasteiger partial charge in [-0.05, 0) is 54.3 Å². The predicted molar refractivity (Wildman–Crippen MR) is 83.1 cm³/mol. The van der Waals surface area contributed by atoms with E-state index >= 15 is 0 Å². The maximum atomic E-state index is 13.1. The molecule has 0 heterocycles. The van der Waals surface area contributed by atoms with Gasteiger partial charge in [0.15, 0.2) is 0 Å². The highest BCUT2D eigenvalue weighted by molar-refractivity contribution is 9.09. The third-order valence-electron chi connectivity index (χ3n) is 3.12. The summed E-state index contributed by atoms with van der Waals surface area (Å²) in [5.74, 6) is -0.348. The molecule has 0 aromatic heterocycles. The maximum Gasteiger partial charge on any atom is 0.124 e. The fourth-order valence-corrected chi connectivity index (χ4v) is 3.52. The van der Waals surface area contributed by atoms with Gasteiger partial charge in [-0.1, -0.05) is 51.3 Å². The largest absolute Gasteiger partial charge is 0.207 e. The van der Waals surface area contributed by atoms with Crippen molar-refractivity contribution in [3.05, 3.63) is 68.4 Å². The van der Waals surface area contributed by atoms with Crippen LogP contribution in [-0.2, 0) is 0 Å². The van der Waals surface area contributed by atoms with E-state index < -0.39 is 0 Å². The minimum atomic E-state index is -0.348. The van der Waals surface area contributed by atoms with E-state index in [4.69, 9.17) is 23.2 Å². The maximum absolute atomic E-state index is 13.1. The quantitative estimate of drug-likeness (QED) is 0.556. The first kappa shape index (κ1) is 14.8. The zero-order valence-corrected chi connectivity index (χ0v) is 13.6. The van der Waals surface area contributed by atoms with Crippen LogP contribution in [0.2, 0.25) is 10.0 Å². The number of benzene rings is 2. The zero-order valence-electron chi connectivity index (χ0n) is 10.5. The molecule has 2 aromatic rings. The second-order valence-corrected chi connectivity index (χ2v) is 6.22. The first-order valence-corrected chi connectivity index (χ1v) is 7.43. The fourth-order valence-electron chi connectivity index (χ4n) is 1.87. The molecule has 0 radical (unpaired) electrons. The number of alkyl halides is 1. The molecule has 1 unspecified atom stereocenters. The highest BCUT2D eigenvalue weighted by atomic mass is 79.9. The smallest absolute Gasteiger partial charge is 0.124 e. The molecule has 0 saturated heterocycles. The van der Waals surface area contributed by atoms with Gasteiger partial charge in [0.2, 0.25) is 0 Å². The Morgan fingerprint density at radius 3 is 2.16 bits per heavy atom. The lowest BCUT2D eigenvalue weighted by Crippen LogP contribution is -1.97. The van der Waals surface area contributed by atoms with Crippen LogP contribution in [0.15, 0.2) is 30.3 Å². The molecule has 100 valence electrons. The third-order valence-corrected chi connectivity index (χ3v) is 4.76. The Hall–Kier alpha value is -0.570. The van der Waals surface area contributed by atoms with Crippen LogP contribution in [0.3, 0.4) is 0 Å². The molecule has 4 heteroatoms. The van der Waals surface area contributed by atoms with E-state index in [-0.39, 0.29) is 10.6 Å². The topological polar surface area (TPSA) is 0 Å². The van der Waals surface area contributed by atoms with Crippen molar-refractivity contribution in [1.29, 1.82) is 0 Å². The van der Waals surface area contributed by atoms with Crippen LogP contribution in [0.1, 0.15) is 27.1 Å². The molecule has 0 amide bonds. The van der Waals surface area contributed by atoms with Gasteiger partial charge in [0, 0.05) is 10.0 Å². The fraction of sp³-hybridized carbons (Fsp3) is 0.200. The first-order chi connectivity index (χ1) is 8.90. The summed E-state index contributed by atoms with van der Waals surface area (Å²) in [5, 5.41) is 1.06. The predicted octanol–water partition coefficient (Wildman–Crippen LogP) is 6.23. The Morgan fingerprint density at radius 1 is 0.947 bits per heavy atom. The first-order valence-electron chi connectivity index (χ1n) is 5.76. The Balaban J connectivity index is 2.49. The molecule has 0 aliphatic carbocycles. The average molecular weight is 362 g/mol. The van der Waals surface area contributed by atoms with Gasteiger partial charge in [-0.25, -0.2) is 4.39 Å². The molecule has 0 saturated carbocycles. The van der Waals surface area contributed by atoms with E-state index in [0.717, 1.165) is 22.3 Å². The Bertz CT molecular complexity index is 626. The summed E-state index contributed by atoms with van der Waals surface area (Å²) >= 11 is 16.0. The number of hydrogen-bond acceptors (Lipinski definition) is 0. The van der Waals surface area contributed by atoms with Crippen LogP contribution in [0.25, 0.3) is 0 Å². The summed E-state index contributed by atoms with van der Waals surface area (Å²) in [6, 6.07) is 8.32. The second kappa shape index (κ2) is 5.82. The average Bonchev–Trinajstić information content (AvgIpc) is 2.33. The van der Waals surface area contributed by atoms with Gasteiger partial charge >= 0.3 is 0 Å². The minimum Gasteiger partial charge on any atom is -0.207 e. The van der Waals surface area contributed by atoms with E-state index in [1.165, 1.54) is 12.1 Å². The summed E-state index contributed by atoms with van der Waals surface area (Å²) < 4.78 is 13.1. The van der Waals surface area contributed by atoms with Crippen LogP contribution in [0.5, 0.6) is 0 Å². The van der Waals surface area contributed by atoms with E-state index in [1.807, 2.05) is 26.0 Å². The Labute approximate surface area is 130 Å². The van der Waals surface area contributed by atoms with Gasteiger partial charge in [0.05, 0.1) is 4.83 Å². The van der Waals surface area contributed by atoms with Crippen LogP contribution in [-0.4, -0.2) is 0 Å². The molecular formula is C15H12BrCl2F. The SMILES string of the molecule is Cc1cc(Cl)c(C(Br)c2ccc(F)cc2Cl)cc1C. The molecule has 2 rings (SSSR count). The standard InChI is InChI=1S/C15H12BrCl2F/c1-8-5-12(13(17)6-9(8)2)15(16)11-4-3-10(19)7-14(11)18/h3-7,15H,1-2H3. The molecule has 0 N–H and O–H groups in total. The van der Waals surface area contributed by atoms with Crippen molar-refractivity contribution in [2.75, 3.05) is 0 Å². The summed E-state index contributed by atoms with van der Waals surface area (Å²) in [6.45, 7) is 4.04. The van der Waals surface area contributed by atoms with Crippen molar-refractivity contribution in [2.24, 2.45) is 0 Å². The molecule has 0 aliphatic heterocycles. The van der Waals surface area contributed by atoms with Gasteiger partial charge in [-0.15, -0.1) is 0 Å². The molecular weight excluding hydrogens is 350 g/mol. The molecule has 0 fully saturated rings. The summed E-state index contributed by atoms with van der Waals surface area (Å²) in [6.07, 6.45) is 0. The minimum absolute atomic E-state index is 0.160. The van der Waals surface area contributed by atoms with Gasteiger partial charge in [-0.3, -0.25) is 0 Å². The van der Waals surface area contributed by atoms with Crippen molar-refractivity contribution in [3.8, 4) is 0 Å².